The summed E-state index contributed by atoms with van der Waals surface area (Å²) >= 11 is 0. The van der Waals surface area contributed by atoms with Crippen LogP contribution < -0.4 is 0 Å². The Kier molecular flexibility index (Phi) is 4.30. The third kappa shape index (κ3) is 3.05. The number of hydrogen-bond acceptors (Lipinski definition) is 3. The number of rotatable bonds is 3. The monoisotopic (exact) mass is 212 g/mol. The zero-order valence-electron chi connectivity index (χ0n) is 9.79. The third-order valence-corrected chi connectivity index (χ3v) is 3.32. The van der Waals surface area contributed by atoms with Gasteiger partial charge in [-0.2, -0.15) is 0 Å². The second-order valence-electron chi connectivity index (χ2n) is 4.62. The fraction of sp³-hybridized carbons (Fsp3) is 0.833. The van der Waals surface area contributed by atoms with Gasteiger partial charge in [-0.3, -0.25) is 9.59 Å². The van der Waals surface area contributed by atoms with E-state index in [1.807, 2.05) is 0 Å². The van der Waals surface area contributed by atoms with Crippen LogP contribution >= 0.6 is 0 Å². The van der Waals surface area contributed by atoms with Crippen molar-refractivity contribution in [1.82, 2.24) is 0 Å². The molecular weight excluding hydrogens is 192 g/mol. The Bertz CT molecular complexity index is 247. The fourth-order valence-corrected chi connectivity index (χ4v) is 2.34. The van der Waals surface area contributed by atoms with Gasteiger partial charge in [-0.25, -0.2) is 0 Å². The minimum atomic E-state index is -0.592. The zero-order chi connectivity index (χ0) is 11.4. The SMILES string of the molecule is COC(=O)C(C)C(=O)C1CCCC(C)C1. The van der Waals surface area contributed by atoms with Gasteiger partial charge in [0.2, 0.25) is 0 Å². The largest absolute Gasteiger partial charge is 0.468 e. The fourth-order valence-electron chi connectivity index (χ4n) is 2.34. The average Bonchev–Trinajstić information content (AvgIpc) is 2.26. The van der Waals surface area contributed by atoms with Crippen molar-refractivity contribution < 1.29 is 14.3 Å². The molecule has 0 saturated heterocycles. The highest BCUT2D eigenvalue weighted by atomic mass is 16.5. The van der Waals surface area contributed by atoms with Gasteiger partial charge in [0.1, 0.15) is 11.7 Å². The quantitative estimate of drug-likeness (QED) is 0.532. The summed E-state index contributed by atoms with van der Waals surface area (Å²) in [6.45, 7) is 3.82. The van der Waals surface area contributed by atoms with Crippen molar-refractivity contribution in [2.75, 3.05) is 7.11 Å². The lowest BCUT2D eigenvalue weighted by Gasteiger charge is -2.26. The molecule has 0 amide bonds. The first-order valence-electron chi connectivity index (χ1n) is 5.67. The minimum absolute atomic E-state index is 0.0633. The van der Waals surface area contributed by atoms with Gasteiger partial charge in [0.05, 0.1) is 7.11 Å². The number of carbonyl (C=O) groups is 2. The Morgan fingerprint density at radius 1 is 1.33 bits per heavy atom. The van der Waals surface area contributed by atoms with Crippen LogP contribution in [0.5, 0.6) is 0 Å². The molecule has 0 spiro atoms. The predicted molar refractivity (Wildman–Crippen MR) is 57.3 cm³/mol. The second kappa shape index (κ2) is 5.29. The Morgan fingerprint density at radius 2 is 2.00 bits per heavy atom. The van der Waals surface area contributed by atoms with Crippen molar-refractivity contribution in [1.29, 1.82) is 0 Å². The molecule has 1 aliphatic carbocycles. The van der Waals surface area contributed by atoms with E-state index in [9.17, 15) is 9.59 Å². The molecule has 0 aromatic carbocycles. The summed E-state index contributed by atoms with van der Waals surface area (Å²) in [7, 11) is 1.33. The van der Waals surface area contributed by atoms with E-state index in [1.165, 1.54) is 13.5 Å². The number of esters is 1. The summed E-state index contributed by atoms with van der Waals surface area (Å²) in [4.78, 5) is 23.2. The number of methoxy groups -OCH3 is 1. The maximum absolute atomic E-state index is 11.9. The van der Waals surface area contributed by atoms with Crippen molar-refractivity contribution in [2.45, 2.75) is 39.5 Å². The van der Waals surface area contributed by atoms with Crippen LogP contribution in [0.1, 0.15) is 39.5 Å². The lowest BCUT2D eigenvalue weighted by Crippen LogP contribution is -2.31. The molecule has 0 bridgehead atoms. The summed E-state index contributed by atoms with van der Waals surface area (Å²) in [5, 5.41) is 0. The van der Waals surface area contributed by atoms with E-state index < -0.39 is 11.9 Å². The van der Waals surface area contributed by atoms with Gasteiger partial charge in [0.15, 0.2) is 0 Å². The summed E-state index contributed by atoms with van der Waals surface area (Å²) in [6, 6.07) is 0. The van der Waals surface area contributed by atoms with Gasteiger partial charge in [-0.1, -0.05) is 19.8 Å². The first kappa shape index (κ1) is 12.2. The molecule has 86 valence electrons. The number of ether oxygens (including phenoxy) is 1. The Morgan fingerprint density at radius 3 is 2.53 bits per heavy atom. The van der Waals surface area contributed by atoms with Gasteiger partial charge in [-0.05, 0) is 25.7 Å². The van der Waals surface area contributed by atoms with E-state index in [0.717, 1.165) is 19.3 Å². The Labute approximate surface area is 91.2 Å². The van der Waals surface area contributed by atoms with Crippen LogP contribution in [-0.4, -0.2) is 18.9 Å². The molecule has 3 heteroatoms. The number of ketones is 1. The summed E-state index contributed by atoms with van der Waals surface area (Å²) in [5.41, 5.74) is 0. The summed E-state index contributed by atoms with van der Waals surface area (Å²) in [6.07, 6.45) is 4.17. The van der Waals surface area contributed by atoms with E-state index in [-0.39, 0.29) is 11.7 Å². The lowest BCUT2D eigenvalue weighted by atomic mass is 9.77. The molecule has 1 rings (SSSR count). The third-order valence-electron chi connectivity index (χ3n) is 3.32. The summed E-state index contributed by atoms with van der Waals surface area (Å²) in [5.74, 6) is -0.252. The summed E-state index contributed by atoms with van der Waals surface area (Å²) < 4.78 is 4.59. The van der Waals surface area contributed by atoms with Crippen molar-refractivity contribution >= 4 is 11.8 Å². The first-order chi connectivity index (χ1) is 7.06. The number of carbonyl (C=O) groups excluding carboxylic acids is 2. The van der Waals surface area contributed by atoms with E-state index in [4.69, 9.17) is 0 Å². The molecule has 1 saturated carbocycles. The van der Waals surface area contributed by atoms with Crippen molar-refractivity contribution in [3.63, 3.8) is 0 Å². The van der Waals surface area contributed by atoms with Crippen molar-refractivity contribution in [3.05, 3.63) is 0 Å². The van der Waals surface area contributed by atoms with Crippen LogP contribution in [0.25, 0.3) is 0 Å². The van der Waals surface area contributed by atoms with Crippen molar-refractivity contribution in [3.8, 4) is 0 Å². The molecular formula is C12H20O3. The maximum atomic E-state index is 11.9. The van der Waals surface area contributed by atoms with Gasteiger partial charge in [0, 0.05) is 5.92 Å². The highest BCUT2D eigenvalue weighted by Gasteiger charge is 2.31. The zero-order valence-corrected chi connectivity index (χ0v) is 9.79. The molecule has 3 unspecified atom stereocenters. The smallest absolute Gasteiger partial charge is 0.315 e. The second-order valence-corrected chi connectivity index (χ2v) is 4.62. The molecule has 1 aliphatic rings. The molecule has 0 aliphatic heterocycles. The molecule has 15 heavy (non-hydrogen) atoms. The molecule has 0 aromatic rings. The van der Waals surface area contributed by atoms with E-state index in [2.05, 4.69) is 11.7 Å². The van der Waals surface area contributed by atoms with Crippen LogP contribution in [0.15, 0.2) is 0 Å². The molecule has 0 radical (unpaired) electrons. The highest BCUT2D eigenvalue weighted by molar-refractivity contribution is 5.99. The van der Waals surface area contributed by atoms with Gasteiger partial charge in [0.25, 0.3) is 0 Å². The maximum Gasteiger partial charge on any atom is 0.315 e. The Balaban J connectivity index is 2.55. The normalized spacial score (nSPS) is 28.2. The number of hydrogen-bond donors (Lipinski definition) is 0. The van der Waals surface area contributed by atoms with Crippen LogP contribution in [0.4, 0.5) is 0 Å². The molecule has 0 aromatic heterocycles. The van der Waals surface area contributed by atoms with Crippen LogP contribution in [0.2, 0.25) is 0 Å². The van der Waals surface area contributed by atoms with Gasteiger partial charge < -0.3 is 4.74 Å². The van der Waals surface area contributed by atoms with E-state index >= 15 is 0 Å². The van der Waals surface area contributed by atoms with Crippen LogP contribution in [0.3, 0.4) is 0 Å². The number of Topliss-reactive ketones (excluding diaryl/α,β-unsaturated/α-hetero) is 1. The van der Waals surface area contributed by atoms with Crippen molar-refractivity contribution in [2.24, 2.45) is 17.8 Å². The molecule has 0 heterocycles. The van der Waals surface area contributed by atoms with Crippen LogP contribution in [0, 0.1) is 17.8 Å². The molecule has 3 nitrogen and oxygen atoms in total. The minimum Gasteiger partial charge on any atom is -0.468 e. The topological polar surface area (TPSA) is 43.4 Å². The van der Waals surface area contributed by atoms with Gasteiger partial charge >= 0.3 is 5.97 Å². The average molecular weight is 212 g/mol. The van der Waals surface area contributed by atoms with E-state index in [1.54, 1.807) is 6.92 Å². The Hall–Kier alpha value is -0.860. The predicted octanol–water partition coefficient (Wildman–Crippen LogP) is 2.19. The highest BCUT2D eigenvalue weighted by Crippen LogP contribution is 2.30. The standard InChI is InChI=1S/C12H20O3/c1-8-5-4-6-10(7-8)11(13)9(2)12(14)15-3/h8-10H,4-7H2,1-3H3. The molecule has 0 N–H and O–H groups in total. The van der Waals surface area contributed by atoms with Crippen LogP contribution in [-0.2, 0) is 14.3 Å². The lowest BCUT2D eigenvalue weighted by molar-refractivity contribution is -0.150. The molecule has 1 fully saturated rings. The molecule has 3 atom stereocenters. The van der Waals surface area contributed by atoms with E-state index in [0.29, 0.717) is 5.92 Å². The van der Waals surface area contributed by atoms with Gasteiger partial charge in [-0.15, -0.1) is 0 Å². The first-order valence-corrected chi connectivity index (χ1v) is 5.67.